The quantitative estimate of drug-likeness (QED) is 0.337. The van der Waals surface area contributed by atoms with Crippen LogP contribution in [0.2, 0.25) is 0 Å². The van der Waals surface area contributed by atoms with Crippen molar-refractivity contribution >= 4 is 22.6 Å². The number of para-hydroxylation sites is 2. The number of imidazole rings is 1. The lowest BCUT2D eigenvalue weighted by Gasteiger charge is -2.19. The summed E-state index contributed by atoms with van der Waals surface area (Å²) in [7, 11) is 0. The van der Waals surface area contributed by atoms with Gasteiger partial charge in [0.1, 0.15) is 12.4 Å². The van der Waals surface area contributed by atoms with Crippen LogP contribution < -0.4 is 5.32 Å². The second-order valence-electron chi connectivity index (χ2n) is 9.69. The van der Waals surface area contributed by atoms with Gasteiger partial charge < -0.3 is 9.88 Å². The molecule has 1 N–H and O–H groups in total. The van der Waals surface area contributed by atoms with Crippen molar-refractivity contribution in [1.82, 2.24) is 9.55 Å². The van der Waals surface area contributed by atoms with Crippen molar-refractivity contribution < 1.29 is 4.79 Å². The van der Waals surface area contributed by atoms with E-state index in [1.165, 1.54) is 24.0 Å². The Kier molecular flexibility index (Phi) is 6.64. The zero-order valence-corrected chi connectivity index (χ0v) is 20.1. The molecule has 0 unspecified atom stereocenters. The molecular formula is C29H33N3O. The largest absolute Gasteiger partial charge is 0.325 e. The molecule has 0 saturated carbocycles. The Bertz CT molecular complexity index is 1230. The van der Waals surface area contributed by atoms with Crippen LogP contribution in [0.4, 0.5) is 5.69 Å². The first-order chi connectivity index (χ1) is 15.8. The number of fused-ring (bicyclic) bond motifs is 1. The highest BCUT2D eigenvalue weighted by atomic mass is 16.1. The van der Waals surface area contributed by atoms with E-state index < -0.39 is 0 Å². The Morgan fingerprint density at radius 3 is 2.30 bits per heavy atom. The molecule has 0 aliphatic rings. The lowest BCUT2D eigenvalue weighted by Crippen LogP contribution is -2.19. The van der Waals surface area contributed by atoms with E-state index in [2.05, 4.69) is 69.4 Å². The van der Waals surface area contributed by atoms with Gasteiger partial charge in [0.2, 0.25) is 5.91 Å². The number of benzene rings is 3. The number of rotatable bonds is 7. The van der Waals surface area contributed by atoms with Gasteiger partial charge in [-0.15, -0.1) is 0 Å². The predicted molar refractivity (Wildman–Crippen MR) is 138 cm³/mol. The van der Waals surface area contributed by atoms with Crippen molar-refractivity contribution in [2.45, 2.75) is 58.9 Å². The summed E-state index contributed by atoms with van der Waals surface area (Å²) in [5.41, 5.74) is 6.33. The predicted octanol–water partition coefficient (Wildman–Crippen LogP) is 6.98. The van der Waals surface area contributed by atoms with Gasteiger partial charge in [-0.05, 0) is 53.6 Å². The average molecular weight is 440 g/mol. The van der Waals surface area contributed by atoms with Gasteiger partial charge in [0.15, 0.2) is 0 Å². The van der Waals surface area contributed by atoms with Crippen LogP contribution >= 0.6 is 0 Å². The monoisotopic (exact) mass is 439 g/mol. The second-order valence-corrected chi connectivity index (χ2v) is 9.69. The number of aromatic nitrogens is 2. The minimum Gasteiger partial charge on any atom is -0.325 e. The van der Waals surface area contributed by atoms with Crippen molar-refractivity contribution in [3.05, 3.63) is 83.9 Å². The third kappa shape index (κ3) is 5.33. The second kappa shape index (κ2) is 9.62. The van der Waals surface area contributed by atoms with Crippen LogP contribution in [-0.4, -0.2) is 15.5 Å². The van der Waals surface area contributed by atoms with Gasteiger partial charge in [-0.2, -0.15) is 0 Å². The van der Waals surface area contributed by atoms with Crippen LogP contribution in [-0.2, 0) is 23.2 Å². The molecule has 33 heavy (non-hydrogen) atoms. The fraction of sp³-hybridized carbons (Fsp3) is 0.310. The first-order valence-corrected chi connectivity index (χ1v) is 11.8. The Hall–Kier alpha value is -3.40. The van der Waals surface area contributed by atoms with Crippen LogP contribution in [0.25, 0.3) is 22.4 Å². The number of anilines is 1. The lowest BCUT2D eigenvalue weighted by molar-refractivity contribution is -0.116. The van der Waals surface area contributed by atoms with Gasteiger partial charge in [0.05, 0.1) is 11.0 Å². The molecular weight excluding hydrogens is 406 g/mol. The minimum absolute atomic E-state index is 0.0629. The molecule has 4 aromatic rings. The Morgan fingerprint density at radius 1 is 0.939 bits per heavy atom. The number of aryl methyl sites for hydroxylation is 1. The zero-order chi connectivity index (χ0) is 23.4. The first kappa shape index (κ1) is 22.8. The number of nitrogens with zero attached hydrogens (tertiary/aromatic N) is 2. The molecule has 4 rings (SSSR count). The highest BCUT2D eigenvalue weighted by molar-refractivity contribution is 5.92. The Morgan fingerprint density at radius 2 is 1.64 bits per heavy atom. The van der Waals surface area contributed by atoms with E-state index in [0.29, 0.717) is 0 Å². The number of carbonyl (C=O) groups is 1. The molecule has 0 radical (unpaired) electrons. The molecule has 170 valence electrons. The Balaban J connectivity index is 1.59. The lowest BCUT2D eigenvalue weighted by atomic mass is 9.87. The molecule has 4 heteroatoms. The number of hydrogen-bond acceptors (Lipinski definition) is 2. The summed E-state index contributed by atoms with van der Waals surface area (Å²) in [6, 6.07) is 24.7. The molecule has 1 aromatic heterocycles. The SMILES string of the molecule is CCCCc1ccc(NC(=O)Cn2c(-c3ccc(C(C)(C)C)cc3)nc3ccccc32)cc1. The van der Waals surface area contributed by atoms with Crippen LogP contribution in [0.3, 0.4) is 0 Å². The number of unbranched alkanes of at least 4 members (excludes halogenated alkanes) is 1. The molecule has 1 heterocycles. The molecule has 0 fully saturated rings. The summed E-state index contributed by atoms with van der Waals surface area (Å²) in [5, 5.41) is 3.05. The summed E-state index contributed by atoms with van der Waals surface area (Å²) in [5.74, 6) is 0.744. The van der Waals surface area contributed by atoms with E-state index in [1.54, 1.807) is 0 Å². The smallest absolute Gasteiger partial charge is 0.244 e. The van der Waals surface area contributed by atoms with Crippen LogP contribution in [0.5, 0.6) is 0 Å². The molecule has 4 nitrogen and oxygen atoms in total. The number of nitrogens with one attached hydrogen (secondary N) is 1. The van der Waals surface area contributed by atoms with Gasteiger partial charge in [0, 0.05) is 11.3 Å². The first-order valence-electron chi connectivity index (χ1n) is 11.8. The summed E-state index contributed by atoms with van der Waals surface area (Å²) in [6.07, 6.45) is 3.43. The van der Waals surface area contributed by atoms with Crippen molar-refractivity contribution in [2.24, 2.45) is 0 Å². The standard InChI is InChI=1S/C29H33N3O/c1-5-6-9-21-12-18-24(19-13-21)30-27(33)20-32-26-11-8-7-10-25(26)31-28(32)22-14-16-23(17-15-22)29(2,3)4/h7-8,10-19H,5-6,9,20H2,1-4H3,(H,30,33). The zero-order valence-electron chi connectivity index (χ0n) is 20.1. The molecule has 0 atom stereocenters. The maximum absolute atomic E-state index is 13.0. The van der Waals surface area contributed by atoms with Gasteiger partial charge >= 0.3 is 0 Å². The van der Waals surface area contributed by atoms with Gasteiger partial charge in [0.25, 0.3) is 0 Å². The van der Waals surface area contributed by atoms with Gasteiger partial charge in [-0.1, -0.05) is 82.6 Å². The third-order valence-electron chi connectivity index (χ3n) is 6.02. The summed E-state index contributed by atoms with van der Waals surface area (Å²) in [6.45, 7) is 9.02. The summed E-state index contributed by atoms with van der Waals surface area (Å²) < 4.78 is 2.01. The summed E-state index contributed by atoms with van der Waals surface area (Å²) in [4.78, 5) is 17.8. The molecule has 0 saturated heterocycles. The van der Waals surface area contributed by atoms with E-state index in [0.717, 1.165) is 34.5 Å². The third-order valence-corrected chi connectivity index (χ3v) is 6.02. The van der Waals surface area contributed by atoms with E-state index in [1.807, 2.05) is 41.0 Å². The van der Waals surface area contributed by atoms with Crippen LogP contribution in [0.15, 0.2) is 72.8 Å². The summed E-state index contributed by atoms with van der Waals surface area (Å²) >= 11 is 0. The maximum Gasteiger partial charge on any atom is 0.244 e. The Labute approximate surface area is 196 Å². The molecule has 0 bridgehead atoms. The van der Waals surface area contributed by atoms with Crippen molar-refractivity contribution in [3.8, 4) is 11.4 Å². The van der Waals surface area contributed by atoms with Crippen molar-refractivity contribution in [2.75, 3.05) is 5.32 Å². The molecule has 0 aliphatic heterocycles. The highest BCUT2D eigenvalue weighted by Gasteiger charge is 2.17. The van der Waals surface area contributed by atoms with Crippen LogP contribution in [0.1, 0.15) is 51.7 Å². The van der Waals surface area contributed by atoms with E-state index in [4.69, 9.17) is 4.98 Å². The van der Waals surface area contributed by atoms with E-state index in [9.17, 15) is 4.79 Å². The minimum atomic E-state index is -0.0629. The highest BCUT2D eigenvalue weighted by Crippen LogP contribution is 2.28. The number of hydrogen-bond donors (Lipinski definition) is 1. The van der Waals surface area contributed by atoms with Gasteiger partial charge in [-0.3, -0.25) is 4.79 Å². The molecule has 0 aliphatic carbocycles. The number of carbonyl (C=O) groups excluding carboxylic acids is 1. The normalized spacial score (nSPS) is 11.6. The maximum atomic E-state index is 13.0. The van der Waals surface area contributed by atoms with E-state index >= 15 is 0 Å². The van der Waals surface area contributed by atoms with Gasteiger partial charge in [-0.25, -0.2) is 4.98 Å². The molecule has 1 amide bonds. The average Bonchev–Trinajstić information content (AvgIpc) is 3.16. The fourth-order valence-electron chi connectivity index (χ4n) is 4.06. The van der Waals surface area contributed by atoms with Crippen LogP contribution in [0, 0.1) is 0 Å². The van der Waals surface area contributed by atoms with Crippen molar-refractivity contribution in [3.63, 3.8) is 0 Å². The topological polar surface area (TPSA) is 46.9 Å². The van der Waals surface area contributed by atoms with E-state index in [-0.39, 0.29) is 17.9 Å². The van der Waals surface area contributed by atoms with Crippen molar-refractivity contribution in [1.29, 1.82) is 0 Å². The number of amides is 1. The molecule has 0 spiro atoms. The fourth-order valence-corrected chi connectivity index (χ4v) is 4.06. The molecule has 3 aromatic carbocycles.